The van der Waals surface area contributed by atoms with E-state index in [4.69, 9.17) is 4.98 Å². The van der Waals surface area contributed by atoms with Gasteiger partial charge in [0.1, 0.15) is 0 Å². The Balaban J connectivity index is 1.06. The van der Waals surface area contributed by atoms with Crippen molar-refractivity contribution in [2.75, 3.05) is 0 Å². The van der Waals surface area contributed by atoms with Gasteiger partial charge in [0.05, 0.1) is 45.2 Å². The molecule has 0 atom stereocenters. The van der Waals surface area contributed by atoms with Crippen molar-refractivity contribution in [2.24, 2.45) is 0 Å². The van der Waals surface area contributed by atoms with Crippen molar-refractivity contribution in [3.05, 3.63) is 170 Å². The van der Waals surface area contributed by atoms with Crippen LogP contribution in [0.1, 0.15) is 0 Å². The van der Waals surface area contributed by atoms with Gasteiger partial charge in [-0.15, -0.1) is 0 Å². The molecule has 0 amide bonds. The molecule has 0 fully saturated rings. The van der Waals surface area contributed by atoms with Crippen LogP contribution in [0, 0.1) is 0 Å². The molecule has 11 aromatic rings. The van der Waals surface area contributed by atoms with E-state index >= 15 is 0 Å². The number of pyridine rings is 2. The van der Waals surface area contributed by atoms with E-state index in [9.17, 15) is 0 Å². The van der Waals surface area contributed by atoms with E-state index in [1.807, 2.05) is 12.4 Å². The van der Waals surface area contributed by atoms with Gasteiger partial charge in [0.25, 0.3) is 0 Å². The van der Waals surface area contributed by atoms with Crippen LogP contribution in [0.2, 0.25) is 0 Å². The second-order valence-electron chi connectivity index (χ2n) is 13.8. The third-order valence-corrected chi connectivity index (χ3v) is 11.1. The fourth-order valence-electron chi connectivity index (χ4n) is 8.86. The molecule has 0 bridgehead atoms. The number of aromatic nitrogens is 4. The lowest BCUT2D eigenvalue weighted by Crippen LogP contribution is -1.96. The Morgan fingerprint density at radius 2 is 1.13 bits per heavy atom. The molecule has 52 heavy (non-hydrogen) atoms. The second kappa shape index (κ2) is 10.3. The van der Waals surface area contributed by atoms with Crippen LogP contribution >= 0.6 is 0 Å². The SMILES string of the molecule is c1ccc(-n2c3ccc(-c4ccc5c(c4)c4ccccc4n5-c4cnc5c(c4)-c4ccnc6cccc-5c46)cc3c3ccc4ccccc4c32)cc1. The van der Waals surface area contributed by atoms with Crippen LogP contribution in [-0.4, -0.2) is 19.1 Å². The molecule has 7 aromatic carbocycles. The van der Waals surface area contributed by atoms with Crippen LogP contribution < -0.4 is 0 Å². The molecule has 0 radical (unpaired) electrons. The topological polar surface area (TPSA) is 35.6 Å². The molecule has 0 saturated carbocycles. The maximum atomic E-state index is 5.08. The maximum absolute atomic E-state index is 5.08. The molecule has 0 unspecified atom stereocenters. The molecule has 4 heterocycles. The van der Waals surface area contributed by atoms with Crippen molar-refractivity contribution < 1.29 is 0 Å². The molecule has 0 spiro atoms. The highest BCUT2D eigenvalue weighted by Gasteiger charge is 2.24. The van der Waals surface area contributed by atoms with E-state index in [0.717, 1.165) is 33.5 Å². The van der Waals surface area contributed by atoms with E-state index in [1.165, 1.54) is 76.6 Å². The van der Waals surface area contributed by atoms with Gasteiger partial charge in [-0.05, 0) is 82.7 Å². The molecule has 1 aliphatic rings. The molecule has 4 aromatic heterocycles. The Morgan fingerprint density at radius 3 is 2.00 bits per heavy atom. The lowest BCUT2D eigenvalue weighted by molar-refractivity contribution is 1.15. The number of benzene rings is 7. The summed E-state index contributed by atoms with van der Waals surface area (Å²) in [7, 11) is 0. The van der Waals surface area contributed by atoms with Crippen LogP contribution in [-0.2, 0) is 0 Å². The van der Waals surface area contributed by atoms with E-state index in [1.54, 1.807) is 0 Å². The van der Waals surface area contributed by atoms with Crippen LogP contribution in [0.5, 0.6) is 0 Å². The zero-order valence-corrected chi connectivity index (χ0v) is 28.0. The van der Waals surface area contributed by atoms with Gasteiger partial charge in [0, 0.05) is 55.3 Å². The Bertz CT molecular complexity index is 3290. The van der Waals surface area contributed by atoms with E-state index in [-0.39, 0.29) is 0 Å². The van der Waals surface area contributed by atoms with E-state index in [2.05, 4.69) is 172 Å². The number of hydrogen-bond acceptors (Lipinski definition) is 2. The number of para-hydroxylation sites is 2. The number of rotatable bonds is 3. The molecule has 1 aliphatic carbocycles. The summed E-state index contributed by atoms with van der Waals surface area (Å²) in [5.41, 5.74) is 14.9. The summed E-state index contributed by atoms with van der Waals surface area (Å²) in [6.45, 7) is 0. The normalized spacial score (nSPS) is 12.2. The van der Waals surface area contributed by atoms with Gasteiger partial charge in [-0.25, -0.2) is 0 Å². The van der Waals surface area contributed by atoms with Crippen molar-refractivity contribution in [1.82, 2.24) is 19.1 Å². The maximum Gasteiger partial charge on any atom is 0.0789 e. The minimum atomic E-state index is 1.01. The largest absolute Gasteiger partial charge is 0.309 e. The minimum Gasteiger partial charge on any atom is -0.309 e. The van der Waals surface area contributed by atoms with Gasteiger partial charge < -0.3 is 9.13 Å². The van der Waals surface area contributed by atoms with Crippen molar-refractivity contribution in [3.8, 4) is 44.9 Å². The summed E-state index contributed by atoms with van der Waals surface area (Å²) < 4.78 is 4.79. The highest BCUT2D eigenvalue weighted by molar-refractivity contribution is 6.19. The van der Waals surface area contributed by atoms with Gasteiger partial charge in [-0.1, -0.05) is 97.1 Å². The smallest absolute Gasteiger partial charge is 0.0789 e. The second-order valence-corrected chi connectivity index (χ2v) is 13.8. The predicted molar refractivity (Wildman–Crippen MR) is 216 cm³/mol. The van der Waals surface area contributed by atoms with Gasteiger partial charge in [-0.2, -0.15) is 0 Å². The first-order chi connectivity index (χ1) is 25.8. The zero-order valence-electron chi connectivity index (χ0n) is 28.0. The first kappa shape index (κ1) is 27.7. The molecule has 240 valence electrons. The standard InChI is InChI=1S/C48H28N4/c1-2-10-32(11-3-1)52-45-22-19-31(26-40(45)37-20-17-29-9-4-5-12-34(29)48(37)52)30-18-21-44-39(25-30)35-13-6-7-16-43(35)51(44)33-27-41-36-23-24-49-42-15-8-14-38(46(36)42)47(41)50-28-33/h1-28H. The first-order valence-corrected chi connectivity index (χ1v) is 17.7. The Morgan fingerprint density at radius 1 is 0.404 bits per heavy atom. The molecule has 4 nitrogen and oxygen atoms in total. The third-order valence-electron chi connectivity index (χ3n) is 11.1. The summed E-state index contributed by atoms with van der Waals surface area (Å²) in [5.74, 6) is 0. The molecular formula is C48H28N4. The summed E-state index contributed by atoms with van der Waals surface area (Å²) in [6, 6.07) is 57.3. The highest BCUT2D eigenvalue weighted by Crippen LogP contribution is 2.47. The summed E-state index contributed by atoms with van der Waals surface area (Å²) >= 11 is 0. The highest BCUT2D eigenvalue weighted by atomic mass is 15.0. The number of fused-ring (bicyclic) bond motifs is 11. The Labute approximate surface area is 298 Å². The average Bonchev–Trinajstić information content (AvgIpc) is 3.84. The fourth-order valence-corrected chi connectivity index (χ4v) is 8.86. The number of nitrogens with zero attached hydrogens (tertiary/aromatic N) is 4. The van der Waals surface area contributed by atoms with E-state index in [0.29, 0.717) is 0 Å². The van der Waals surface area contributed by atoms with Crippen molar-refractivity contribution in [2.45, 2.75) is 0 Å². The quantitative estimate of drug-likeness (QED) is 0.189. The lowest BCUT2D eigenvalue weighted by Gasteiger charge is -2.11. The molecule has 0 N–H and O–H groups in total. The summed E-state index contributed by atoms with van der Waals surface area (Å²) in [6.07, 6.45) is 3.93. The molecule has 12 rings (SSSR count). The predicted octanol–water partition coefficient (Wildman–Crippen LogP) is 12.3. The molecular weight excluding hydrogens is 633 g/mol. The minimum absolute atomic E-state index is 1.01. The molecule has 0 aliphatic heterocycles. The molecule has 0 saturated heterocycles. The fraction of sp³-hybridized carbons (Fsp3) is 0. The van der Waals surface area contributed by atoms with Gasteiger partial charge in [-0.3, -0.25) is 9.97 Å². The van der Waals surface area contributed by atoms with Gasteiger partial charge in [0.2, 0.25) is 0 Å². The number of hydrogen-bond donors (Lipinski definition) is 0. The van der Waals surface area contributed by atoms with Gasteiger partial charge >= 0.3 is 0 Å². The third kappa shape index (κ3) is 3.70. The van der Waals surface area contributed by atoms with Crippen LogP contribution in [0.25, 0.3) is 110 Å². The average molecular weight is 661 g/mol. The zero-order chi connectivity index (χ0) is 33.9. The monoisotopic (exact) mass is 660 g/mol. The van der Waals surface area contributed by atoms with Crippen molar-refractivity contribution >= 4 is 65.3 Å². The van der Waals surface area contributed by atoms with Crippen LogP contribution in [0.15, 0.2) is 170 Å². The van der Waals surface area contributed by atoms with Crippen LogP contribution in [0.4, 0.5) is 0 Å². The Hall–Kier alpha value is -7.04. The lowest BCUT2D eigenvalue weighted by atomic mass is 10.00. The van der Waals surface area contributed by atoms with Crippen LogP contribution in [0.3, 0.4) is 0 Å². The van der Waals surface area contributed by atoms with Crippen molar-refractivity contribution in [3.63, 3.8) is 0 Å². The van der Waals surface area contributed by atoms with E-state index < -0.39 is 0 Å². The first-order valence-electron chi connectivity index (χ1n) is 17.7. The summed E-state index contributed by atoms with van der Waals surface area (Å²) in [4.78, 5) is 9.72. The summed E-state index contributed by atoms with van der Waals surface area (Å²) in [5, 5.41) is 8.65. The van der Waals surface area contributed by atoms with Gasteiger partial charge in [0.15, 0.2) is 0 Å². The van der Waals surface area contributed by atoms with Crippen molar-refractivity contribution in [1.29, 1.82) is 0 Å². The Kier molecular flexibility index (Phi) is 5.47. The molecule has 4 heteroatoms.